The van der Waals surface area contributed by atoms with E-state index in [1.54, 1.807) is 25.3 Å². The molecule has 1 atom stereocenters. The highest BCUT2D eigenvalue weighted by atomic mass is 35.5. The Morgan fingerprint density at radius 1 is 1.15 bits per heavy atom. The van der Waals surface area contributed by atoms with Crippen molar-refractivity contribution >= 4 is 40.8 Å². The summed E-state index contributed by atoms with van der Waals surface area (Å²) < 4.78 is 16.3. The molecule has 0 fully saturated rings. The van der Waals surface area contributed by atoms with Gasteiger partial charge in [0, 0.05) is 33.7 Å². The minimum Gasteiger partial charge on any atom is -0.497 e. The molecule has 0 aliphatic carbocycles. The van der Waals surface area contributed by atoms with Gasteiger partial charge in [-0.2, -0.15) is 0 Å². The lowest BCUT2D eigenvalue weighted by atomic mass is 9.96. The van der Waals surface area contributed by atoms with Gasteiger partial charge in [-0.1, -0.05) is 40.9 Å². The summed E-state index contributed by atoms with van der Waals surface area (Å²) in [6.07, 6.45) is 2.02. The fourth-order valence-electron chi connectivity index (χ4n) is 3.01. The van der Waals surface area contributed by atoms with Crippen molar-refractivity contribution in [1.29, 1.82) is 0 Å². The number of carbonyl (C=O) groups excluding carboxylic acids is 1. The molecule has 144 valence electrons. The Labute approximate surface area is 173 Å². The number of cyclic esters (lactones) is 1. The van der Waals surface area contributed by atoms with Crippen molar-refractivity contribution in [3.8, 4) is 5.75 Å². The smallest absolute Gasteiger partial charge is 0.338 e. The SMILES string of the molecule is COc1ccc2c(c1)C(=O)OC(CCCOCc1c(Cl)cc(Cl)cc1Cl)C2. The number of benzene rings is 2. The highest BCUT2D eigenvalue weighted by Gasteiger charge is 2.26. The molecule has 0 aromatic heterocycles. The maximum absolute atomic E-state index is 12.2. The van der Waals surface area contributed by atoms with Gasteiger partial charge in [-0.15, -0.1) is 0 Å². The summed E-state index contributed by atoms with van der Waals surface area (Å²) in [5.74, 6) is 0.345. The Morgan fingerprint density at radius 3 is 2.59 bits per heavy atom. The molecular formula is C20H19Cl3O4. The van der Waals surface area contributed by atoms with Crippen molar-refractivity contribution in [3.05, 3.63) is 62.1 Å². The summed E-state index contributed by atoms with van der Waals surface area (Å²) in [5.41, 5.74) is 2.28. The van der Waals surface area contributed by atoms with Gasteiger partial charge in [-0.3, -0.25) is 0 Å². The molecule has 1 unspecified atom stereocenters. The second-order valence-corrected chi connectivity index (χ2v) is 7.55. The average Bonchev–Trinajstić information content (AvgIpc) is 2.63. The molecule has 0 amide bonds. The predicted molar refractivity (Wildman–Crippen MR) is 106 cm³/mol. The molecule has 27 heavy (non-hydrogen) atoms. The summed E-state index contributed by atoms with van der Waals surface area (Å²) in [5, 5.41) is 1.47. The summed E-state index contributed by atoms with van der Waals surface area (Å²) >= 11 is 18.2. The van der Waals surface area contributed by atoms with E-state index in [0.717, 1.165) is 24.0 Å². The third-order valence-corrected chi connectivity index (χ3v) is 5.32. The first-order valence-corrected chi connectivity index (χ1v) is 9.70. The minimum absolute atomic E-state index is 0.148. The van der Waals surface area contributed by atoms with Crippen LogP contribution in [-0.4, -0.2) is 25.8 Å². The van der Waals surface area contributed by atoms with E-state index in [2.05, 4.69) is 0 Å². The molecule has 2 aromatic rings. The maximum Gasteiger partial charge on any atom is 0.338 e. The lowest BCUT2D eigenvalue weighted by Crippen LogP contribution is -2.28. The Hall–Kier alpha value is -1.46. The molecule has 0 bridgehead atoms. The van der Waals surface area contributed by atoms with Crippen LogP contribution in [0, 0.1) is 0 Å². The van der Waals surface area contributed by atoms with E-state index in [-0.39, 0.29) is 12.1 Å². The number of esters is 1. The molecule has 1 aliphatic rings. The third-order valence-electron chi connectivity index (χ3n) is 4.43. The average molecular weight is 430 g/mol. The molecular weight excluding hydrogens is 411 g/mol. The Kier molecular flexibility index (Phi) is 6.88. The van der Waals surface area contributed by atoms with Gasteiger partial charge in [-0.25, -0.2) is 4.79 Å². The molecule has 0 spiro atoms. The molecule has 0 N–H and O–H groups in total. The van der Waals surface area contributed by atoms with Gasteiger partial charge in [0.15, 0.2) is 0 Å². The lowest BCUT2D eigenvalue weighted by Gasteiger charge is -2.25. The number of methoxy groups -OCH3 is 1. The first-order valence-electron chi connectivity index (χ1n) is 8.57. The fraction of sp³-hybridized carbons (Fsp3) is 0.350. The highest BCUT2D eigenvalue weighted by Crippen LogP contribution is 2.30. The Morgan fingerprint density at radius 2 is 1.89 bits per heavy atom. The van der Waals surface area contributed by atoms with Crippen molar-refractivity contribution < 1.29 is 19.0 Å². The van der Waals surface area contributed by atoms with Crippen molar-refractivity contribution in [2.24, 2.45) is 0 Å². The molecule has 3 rings (SSSR count). The number of hydrogen-bond acceptors (Lipinski definition) is 4. The van der Waals surface area contributed by atoms with Gasteiger partial charge in [0.2, 0.25) is 0 Å². The second kappa shape index (κ2) is 9.16. The highest BCUT2D eigenvalue weighted by molar-refractivity contribution is 6.39. The van der Waals surface area contributed by atoms with E-state index in [4.69, 9.17) is 49.0 Å². The molecule has 1 aliphatic heterocycles. The summed E-state index contributed by atoms with van der Waals surface area (Å²) in [7, 11) is 1.57. The summed E-state index contributed by atoms with van der Waals surface area (Å²) in [4.78, 5) is 12.2. The number of halogens is 3. The quantitative estimate of drug-likeness (QED) is 0.416. The summed E-state index contributed by atoms with van der Waals surface area (Å²) in [6, 6.07) is 8.78. The van der Waals surface area contributed by atoms with Gasteiger partial charge in [0.1, 0.15) is 11.9 Å². The first kappa shape index (κ1) is 20.3. The van der Waals surface area contributed by atoms with Crippen LogP contribution >= 0.6 is 34.8 Å². The Balaban J connectivity index is 1.47. The maximum atomic E-state index is 12.2. The number of fused-ring (bicyclic) bond motifs is 1. The van der Waals surface area contributed by atoms with Crippen LogP contribution in [0.4, 0.5) is 0 Å². The minimum atomic E-state index is -0.305. The lowest BCUT2D eigenvalue weighted by molar-refractivity contribution is 0.0200. The molecule has 2 aromatic carbocycles. The standard InChI is InChI=1S/C20H19Cl3O4/c1-25-14-5-4-12-7-15(27-20(24)16(12)10-14)3-2-6-26-11-17-18(22)8-13(21)9-19(17)23/h4-5,8-10,15H,2-3,6-7,11H2,1H3. The fourth-order valence-corrected chi connectivity index (χ4v) is 3.94. The third kappa shape index (κ3) is 5.08. The largest absolute Gasteiger partial charge is 0.497 e. The van der Waals surface area contributed by atoms with E-state index in [1.807, 2.05) is 12.1 Å². The van der Waals surface area contributed by atoms with Crippen molar-refractivity contribution in [2.75, 3.05) is 13.7 Å². The van der Waals surface area contributed by atoms with Crippen LogP contribution in [0.3, 0.4) is 0 Å². The van der Waals surface area contributed by atoms with Crippen molar-refractivity contribution in [2.45, 2.75) is 32.0 Å². The molecule has 1 heterocycles. The first-order chi connectivity index (χ1) is 13.0. The van der Waals surface area contributed by atoms with Crippen LogP contribution in [0.1, 0.15) is 34.3 Å². The van der Waals surface area contributed by atoms with E-state index >= 15 is 0 Å². The number of rotatable bonds is 7. The molecule has 0 radical (unpaired) electrons. The molecule has 0 saturated heterocycles. The monoisotopic (exact) mass is 428 g/mol. The summed E-state index contributed by atoms with van der Waals surface area (Å²) in [6.45, 7) is 0.820. The van der Waals surface area contributed by atoms with Gasteiger partial charge in [0.25, 0.3) is 0 Å². The van der Waals surface area contributed by atoms with Gasteiger partial charge >= 0.3 is 5.97 Å². The van der Waals surface area contributed by atoms with Crippen LogP contribution in [0.25, 0.3) is 0 Å². The van der Waals surface area contributed by atoms with Gasteiger partial charge in [0.05, 0.1) is 19.3 Å². The molecule has 7 heteroatoms. The second-order valence-electron chi connectivity index (χ2n) is 6.30. The topological polar surface area (TPSA) is 44.8 Å². The number of ether oxygens (including phenoxy) is 3. The number of carbonyl (C=O) groups is 1. The number of hydrogen-bond donors (Lipinski definition) is 0. The van der Waals surface area contributed by atoms with Crippen LogP contribution in [0.2, 0.25) is 15.1 Å². The molecule has 0 saturated carbocycles. The van der Waals surface area contributed by atoms with E-state index in [0.29, 0.717) is 46.0 Å². The normalized spacial score (nSPS) is 16.0. The Bertz CT molecular complexity index is 815. The van der Waals surface area contributed by atoms with Crippen LogP contribution in [0.5, 0.6) is 5.75 Å². The van der Waals surface area contributed by atoms with E-state index < -0.39 is 0 Å². The van der Waals surface area contributed by atoms with Crippen molar-refractivity contribution in [3.63, 3.8) is 0 Å². The van der Waals surface area contributed by atoms with E-state index in [9.17, 15) is 4.79 Å². The molecule has 4 nitrogen and oxygen atoms in total. The van der Waals surface area contributed by atoms with E-state index in [1.165, 1.54) is 0 Å². The van der Waals surface area contributed by atoms with Gasteiger partial charge in [-0.05, 0) is 42.7 Å². The zero-order chi connectivity index (χ0) is 19.4. The zero-order valence-electron chi connectivity index (χ0n) is 14.8. The van der Waals surface area contributed by atoms with Crippen LogP contribution in [-0.2, 0) is 22.5 Å². The van der Waals surface area contributed by atoms with Crippen LogP contribution < -0.4 is 4.74 Å². The predicted octanol–water partition coefficient (Wildman–Crippen LogP) is 5.73. The van der Waals surface area contributed by atoms with Crippen LogP contribution in [0.15, 0.2) is 30.3 Å². The van der Waals surface area contributed by atoms with Gasteiger partial charge < -0.3 is 14.2 Å². The zero-order valence-corrected chi connectivity index (χ0v) is 17.0. The van der Waals surface area contributed by atoms with Crippen molar-refractivity contribution in [1.82, 2.24) is 0 Å².